The van der Waals surface area contributed by atoms with E-state index < -0.39 is 0 Å². The van der Waals surface area contributed by atoms with E-state index in [0.29, 0.717) is 17.0 Å². The highest BCUT2D eigenvalue weighted by Gasteiger charge is 2.27. The average Bonchev–Trinajstić information content (AvgIpc) is 3.11. The van der Waals surface area contributed by atoms with Gasteiger partial charge in [0.25, 0.3) is 5.91 Å². The summed E-state index contributed by atoms with van der Waals surface area (Å²) >= 11 is 0. The Morgan fingerprint density at radius 3 is 2.21 bits per heavy atom. The second-order valence-electron chi connectivity index (χ2n) is 10.1. The van der Waals surface area contributed by atoms with Crippen molar-refractivity contribution in [3.05, 3.63) is 70.3 Å². The molecule has 0 radical (unpaired) electrons. The van der Waals surface area contributed by atoms with Crippen molar-refractivity contribution in [2.45, 2.75) is 69.7 Å². The Bertz CT molecular complexity index is 1010. The van der Waals surface area contributed by atoms with E-state index in [0.717, 1.165) is 32.0 Å². The second-order valence-corrected chi connectivity index (χ2v) is 10.1. The summed E-state index contributed by atoms with van der Waals surface area (Å²) in [5, 5.41) is 8.97. The summed E-state index contributed by atoms with van der Waals surface area (Å²) in [5.41, 5.74) is 5.84. The molecular formula is C29H35N3O. The van der Waals surface area contributed by atoms with Gasteiger partial charge in [0, 0.05) is 37.8 Å². The molecule has 1 amide bonds. The lowest BCUT2D eigenvalue weighted by atomic mass is 9.86. The lowest BCUT2D eigenvalue weighted by molar-refractivity contribution is 0.0713. The second kappa shape index (κ2) is 10.1. The predicted octanol–water partition coefficient (Wildman–Crippen LogP) is 5.31. The molecule has 0 bridgehead atoms. The van der Waals surface area contributed by atoms with Crippen LogP contribution in [0.3, 0.4) is 0 Å². The Kier molecular flexibility index (Phi) is 6.78. The Morgan fingerprint density at radius 1 is 0.818 bits per heavy atom. The normalized spacial score (nSPS) is 20.6. The van der Waals surface area contributed by atoms with Crippen LogP contribution in [0.15, 0.2) is 42.5 Å². The fourth-order valence-electron chi connectivity index (χ4n) is 6.11. The number of fused-ring (bicyclic) bond motifs is 1. The van der Waals surface area contributed by atoms with E-state index in [9.17, 15) is 4.79 Å². The van der Waals surface area contributed by atoms with Crippen LogP contribution < -0.4 is 0 Å². The summed E-state index contributed by atoms with van der Waals surface area (Å²) in [6, 6.07) is 17.2. The molecule has 172 valence electrons. The third-order valence-electron chi connectivity index (χ3n) is 8.17. The summed E-state index contributed by atoms with van der Waals surface area (Å²) in [7, 11) is 0. The standard InChI is InChI=1S/C29H35N3O/c30-21-22-6-8-25(9-7-22)29(33)32-18-13-24(14-19-32)26-11-10-23-12-16-31(17-15-27(23)20-26)28-4-2-1-3-5-28/h6-11,20,24,28H,1-5,12-19H2. The number of likely N-dealkylation sites (tertiary alicyclic amines) is 1. The van der Waals surface area contributed by atoms with Crippen molar-refractivity contribution >= 4 is 5.91 Å². The lowest BCUT2D eigenvalue weighted by Gasteiger charge is -2.33. The van der Waals surface area contributed by atoms with E-state index >= 15 is 0 Å². The van der Waals surface area contributed by atoms with Crippen LogP contribution in [0, 0.1) is 11.3 Å². The predicted molar refractivity (Wildman–Crippen MR) is 131 cm³/mol. The summed E-state index contributed by atoms with van der Waals surface area (Å²) in [5.74, 6) is 0.626. The third kappa shape index (κ3) is 4.99. The van der Waals surface area contributed by atoms with E-state index in [1.165, 1.54) is 63.6 Å². The number of hydrogen-bond acceptors (Lipinski definition) is 3. The van der Waals surface area contributed by atoms with Crippen LogP contribution in [-0.2, 0) is 12.8 Å². The van der Waals surface area contributed by atoms with Crippen LogP contribution in [0.25, 0.3) is 0 Å². The highest BCUT2D eigenvalue weighted by molar-refractivity contribution is 5.94. The first-order valence-corrected chi connectivity index (χ1v) is 12.9. The molecule has 2 aromatic carbocycles. The van der Waals surface area contributed by atoms with E-state index in [4.69, 9.17) is 5.26 Å². The van der Waals surface area contributed by atoms with Crippen LogP contribution >= 0.6 is 0 Å². The molecule has 33 heavy (non-hydrogen) atoms. The van der Waals surface area contributed by atoms with Gasteiger partial charge in [0.1, 0.15) is 0 Å². The number of nitriles is 1. The van der Waals surface area contributed by atoms with Crippen molar-refractivity contribution in [1.29, 1.82) is 5.26 Å². The molecule has 2 fully saturated rings. The highest BCUT2D eigenvalue weighted by Crippen LogP contribution is 2.32. The van der Waals surface area contributed by atoms with E-state index in [2.05, 4.69) is 29.2 Å². The van der Waals surface area contributed by atoms with Gasteiger partial charge in [0.2, 0.25) is 0 Å². The number of carbonyl (C=O) groups is 1. The van der Waals surface area contributed by atoms with Gasteiger partial charge in [-0.05, 0) is 85.4 Å². The molecule has 2 aliphatic heterocycles. The van der Waals surface area contributed by atoms with Crippen molar-refractivity contribution in [1.82, 2.24) is 9.80 Å². The van der Waals surface area contributed by atoms with Gasteiger partial charge in [-0.15, -0.1) is 0 Å². The zero-order chi connectivity index (χ0) is 22.6. The summed E-state index contributed by atoms with van der Waals surface area (Å²) < 4.78 is 0. The van der Waals surface area contributed by atoms with E-state index in [1.807, 2.05) is 4.90 Å². The third-order valence-corrected chi connectivity index (χ3v) is 8.17. The first-order valence-electron chi connectivity index (χ1n) is 12.9. The molecule has 0 aromatic heterocycles. The molecule has 0 atom stereocenters. The molecule has 1 aliphatic carbocycles. The average molecular weight is 442 g/mol. The fraction of sp³-hybridized carbons (Fsp3) is 0.517. The summed E-state index contributed by atoms with van der Waals surface area (Å²) in [4.78, 5) is 17.6. The maximum absolute atomic E-state index is 12.9. The molecule has 0 spiro atoms. The minimum atomic E-state index is 0.0858. The number of amides is 1. The van der Waals surface area contributed by atoms with E-state index in [1.54, 1.807) is 35.4 Å². The molecule has 0 unspecified atom stereocenters. The van der Waals surface area contributed by atoms with Crippen LogP contribution in [0.1, 0.15) is 83.5 Å². The van der Waals surface area contributed by atoms with Crippen molar-refractivity contribution in [2.24, 2.45) is 0 Å². The Labute approximate surface area is 198 Å². The van der Waals surface area contributed by atoms with Crippen LogP contribution in [0.4, 0.5) is 0 Å². The fourth-order valence-corrected chi connectivity index (χ4v) is 6.11. The number of hydrogen-bond donors (Lipinski definition) is 0. The maximum atomic E-state index is 12.9. The van der Waals surface area contributed by atoms with E-state index in [-0.39, 0.29) is 5.91 Å². The summed E-state index contributed by atoms with van der Waals surface area (Å²) in [6.45, 7) is 4.03. The molecule has 2 heterocycles. The van der Waals surface area contributed by atoms with Gasteiger partial charge in [-0.3, -0.25) is 9.69 Å². The first-order chi connectivity index (χ1) is 16.2. The monoisotopic (exact) mass is 441 g/mol. The number of carbonyl (C=O) groups excluding carboxylic acids is 1. The van der Waals surface area contributed by atoms with Gasteiger partial charge in [0.05, 0.1) is 11.6 Å². The van der Waals surface area contributed by atoms with Crippen molar-refractivity contribution in [3.8, 4) is 6.07 Å². The molecule has 2 aromatic rings. The Morgan fingerprint density at radius 2 is 1.52 bits per heavy atom. The smallest absolute Gasteiger partial charge is 0.253 e. The summed E-state index contributed by atoms with van der Waals surface area (Å²) in [6.07, 6.45) is 11.4. The van der Waals surface area contributed by atoms with Gasteiger partial charge < -0.3 is 4.90 Å². The van der Waals surface area contributed by atoms with Gasteiger partial charge >= 0.3 is 0 Å². The zero-order valence-electron chi connectivity index (χ0n) is 19.6. The van der Waals surface area contributed by atoms with Crippen LogP contribution in [0.2, 0.25) is 0 Å². The number of benzene rings is 2. The van der Waals surface area contributed by atoms with Crippen LogP contribution in [-0.4, -0.2) is 47.9 Å². The van der Waals surface area contributed by atoms with Crippen LogP contribution in [0.5, 0.6) is 0 Å². The SMILES string of the molecule is N#Cc1ccc(C(=O)N2CCC(c3ccc4c(c3)CCN(C3CCCCC3)CC4)CC2)cc1. The maximum Gasteiger partial charge on any atom is 0.253 e. The topological polar surface area (TPSA) is 47.3 Å². The molecular weight excluding hydrogens is 406 g/mol. The van der Waals surface area contributed by atoms with Crippen molar-refractivity contribution in [2.75, 3.05) is 26.2 Å². The molecule has 3 aliphatic rings. The van der Waals surface area contributed by atoms with Gasteiger partial charge in [-0.25, -0.2) is 0 Å². The number of nitrogens with zero attached hydrogens (tertiary/aromatic N) is 3. The lowest BCUT2D eigenvalue weighted by Crippen LogP contribution is -2.38. The molecule has 1 saturated carbocycles. The quantitative estimate of drug-likeness (QED) is 0.648. The highest BCUT2D eigenvalue weighted by atomic mass is 16.2. The molecule has 1 saturated heterocycles. The largest absolute Gasteiger partial charge is 0.339 e. The van der Waals surface area contributed by atoms with Gasteiger partial charge in [-0.1, -0.05) is 37.5 Å². The van der Waals surface area contributed by atoms with Crippen molar-refractivity contribution < 1.29 is 4.79 Å². The number of piperidine rings is 1. The number of rotatable bonds is 3. The van der Waals surface area contributed by atoms with Gasteiger partial charge in [0.15, 0.2) is 0 Å². The molecule has 0 N–H and O–H groups in total. The molecule has 4 heteroatoms. The minimum Gasteiger partial charge on any atom is -0.339 e. The molecule has 5 rings (SSSR count). The zero-order valence-corrected chi connectivity index (χ0v) is 19.6. The molecule has 4 nitrogen and oxygen atoms in total. The minimum absolute atomic E-state index is 0.0858. The van der Waals surface area contributed by atoms with Gasteiger partial charge in [-0.2, -0.15) is 5.26 Å². The Hall–Kier alpha value is -2.64. The first kappa shape index (κ1) is 22.2. The van der Waals surface area contributed by atoms with Crippen molar-refractivity contribution in [3.63, 3.8) is 0 Å². The Balaban J connectivity index is 1.19.